The normalized spacial score (nSPS) is 14.3. The van der Waals surface area contributed by atoms with Crippen LogP contribution in [-0.2, 0) is 9.59 Å². The number of thiophene rings is 3. The average molecular weight is 905 g/mol. The first-order valence-electron chi connectivity index (χ1n) is 25.6. The molecule has 0 saturated heterocycles. The third kappa shape index (κ3) is 16.4. The minimum atomic E-state index is 0.280. The Bertz CT molecular complexity index is 1790. The minimum Gasteiger partial charge on any atom is -0.289 e. The molecule has 2 aliphatic rings. The van der Waals surface area contributed by atoms with Crippen LogP contribution in [0.5, 0.6) is 0 Å². The number of Topliss-reactive ketones (excluding diaryl/α,β-unsaturated/α-hetero) is 2. The van der Waals surface area contributed by atoms with Gasteiger partial charge in [-0.05, 0) is 122 Å². The van der Waals surface area contributed by atoms with Gasteiger partial charge in [-0.1, -0.05) is 168 Å². The van der Waals surface area contributed by atoms with Crippen molar-refractivity contribution >= 4 is 56.7 Å². The molecule has 0 aliphatic heterocycles. The summed E-state index contributed by atoms with van der Waals surface area (Å²) in [5.74, 6) is 0.559. The Hall–Kier alpha value is -3.12. The predicted molar refractivity (Wildman–Crippen MR) is 279 cm³/mol. The predicted octanol–water partition coefficient (Wildman–Crippen LogP) is 19.3. The fourth-order valence-corrected chi connectivity index (χ4v) is 12.1. The van der Waals surface area contributed by atoms with Crippen LogP contribution in [0.4, 0.5) is 0 Å². The summed E-state index contributed by atoms with van der Waals surface area (Å²) in [6.45, 7) is 9.08. The molecule has 3 heterocycles. The van der Waals surface area contributed by atoms with Gasteiger partial charge in [0.2, 0.25) is 0 Å². The summed E-state index contributed by atoms with van der Waals surface area (Å²) in [4.78, 5) is 33.3. The summed E-state index contributed by atoms with van der Waals surface area (Å²) in [5, 5.41) is 4.37. The van der Waals surface area contributed by atoms with Crippen molar-refractivity contribution in [2.45, 2.75) is 207 Å². The number of carbonyl (C=O) groups excluding carboxylic acids is 2. The van der Waals surface area contributed by atoms with E-state index in [0.717, 1.165) is 73.7 Å². The lowest BCUT2D eigenvalue weighted by molar-refractivity contribution is -0.113. The number of hydrogen-bond donors (Lipinski definition) is 0. The Morgan fingerprint density at radius 3 is 0.921 bits per heavy atom. The lowest BCUT2D eigenvalue weighted by Crippen LogP contribution is -2.12. The van der Waals surface area contributed by atoms with Crippen molar-refractivity contribution < 1.29 is 9.59 Å². The van der Waals surface area contributed by atoms with Crippen molar-refractivity contribution in [1.82, 2.24) is 0 Å². The standard InChI is InChI=1S/C58H80O2S3/c1-5-9-13-17-21-25-31-45-41-49(42-46(57(45)59)32-26-22-18-14-10-6-2)55(51-35-29-39-61-51)53-37-38-54(63-53)56(52-36-30-40-62-52)50-43-47(33-27-23-19-15-11-7-3)58(60)48(44-50)34-28-24-20-16-12-8-4/h29-30,35-44H,5-28,31-34H2,1-4H3. The van der Waals surface area contributed by atoms with Gasteiger partial charge in [0.1, 0.15) is 0 Å². The molecule has 2 nitrogen and oxygen atoms in total. The van der Waals surface area contributed by atoms with Gasteiger partial charge in [-0.25, -0.2) is 0 Å². The third-order valence-electron chi connectivity index (χ3n) is 12.9. The summed E-state index contributed by atoms with van der Waals surface area (Å²) in [5.41, 5.74) is 8.82. The van der Waals surface area contributed by atoms with Crippen molar-refractivity contribution in [2.75, 3.05) is 0 Å². The zero-order valence-electron chi connectivity index (χ0n) is 39.8. The number of ketones is 2. The summed E-state index contributed by atoms with van der Waals surface area (Å²) >= 11 is 5.45. The van der Waals surface area contributed by atoms with Crippen molar-refractivity contribution in [3.8, 4) is 0 Å². The molecule has 0 bridgehead atoms. The summed E-state index contributed by atoms with van der Waals surface area (Å²) in [6.07, 6.45) is 41.8. The molecule has 0 unspecified atom stereocenters. The van der Waals surface area contributed by atoms with Crippen LogP contribution in [0.2, 0.25) is 0 Å². The summed E-state index contributed by atoms with van der Waals surface area (Å²) in [6, 6.07) is 13.5. The number of rotatable bonds is 32. The van der Waals surface area contributed by atoms with E-state index < -0.39 is 0 Å². The van der Waals surface area contributed by atoms with Crippen molar-refractivity contribution in [2.24, 2.45) is 0 Å². The van der Waals surface area contributed by atoms with Gasteiger partial charge in [0.25, 0.3) is 0 Å². The molecule has 3 aromatic heterocycles. The fourth-order valence-electron chi connectivity index (χ4n) is 9.18. The van der Waals surface area contributed by atoms with Gasteiger partial charge >= 0.3 is 0 Å². The molecule has 0 spiro atoms. The molecule has 0 amide bonds. The maximum absolute atomic E-state index is 14.2. The third-order valence-corrected chi connectivity index (χ3v) is 15.8. The smallest absolute Gasteiger partial charge is 0.185 e. The molecule has 0 fully saturated rings. The van der Waals surface area contributed by atoms with Crippen molar-refractivity contribution in [1.29, 1.82) is 0 Å². The second-order valence-electron chi connectivity index (χ2n) is 18.2. The maximum atomic E-state index is 14.2. The molecule has 0 N–H and O–H groups in total. The average Bonchev–Trinajstić information content (AvgIpc) is 4.12. The molecule has 5 heteroatoms. The molecule has 342 valence electrons. The number of allylic oxidation sites excluding steroid dienone is 10. The van der Waals surface area contributed by atoms with Crippen LogP contribution in [0.1, 0.15) is 227 Å². The van der Waals surface area contributed by atoms with Gasteiger partial charge in [-0.3, -0.25) is 9.59 Å². The van der Waals surface area contributed by atoms with E-state index >= 15 is 0 Å². The highest BCUT2D eigenvalue weighted by molar-refractivity contribution is 7.16. The number of hydrogen-bond acceptors (Lipinski definition) is 5. The molecule has 3 aromatic rings. The minimum absolute atomic E-state index is 0.280. The van der Waals surface area contributed by atoms with Gasteiger partial charge in [-0.2, -0.15) is 0 Å². The van der Waals surface area contributed by atoms with E-state index in [1.165, 1.54) is 170 Å². The first-order chi connectivity index (χ1) is 31.0. The van der Waals surface area contributed by atoms with Gasteiger partial charge in [0.15, 0.2) is 11.6 Å². The molecule has 0 radical (unpaired) electrons. The van der Waals surface area contributed by atoms with E-state index in [1.807, 2.05) is 11.3 Å². The van der Waals surface area contributed by atoms with Crippen LogP contribution in [-0.4, -0.2) is 11.6 Å². The molecular weight excluding hydrogens is 825 g/mol. The van der Waals surface area contributed by atoms with Crippen LogP contribution in [0.3, 0.4) is 0 Å². The van der Waals surface area contributed by atoms with Crippen LogP contribution >= 0.6 is 34.0 Å². The van der Waals surface area contributed by atoms with Gasteiger partial charge in [0.05, 0.1) is 0 Å². The topological polar surface area (TPSA) is 34.1 Å². The highest BCUT2D eigenvalue weighted by atomic mass is 32.1. The van der Waals surface area contributed by atoms with E-state index in [4.69, 9.17) is 0 Å². The fraction of sp³-hybridized carbons (Fsp3) is 0.552. The largest absolute Gasteiger partial charge is 0.289 e. The molecule has 2 aliphatic carbocycles. The SMILES string of the molecule is CCCCCCCCC1=CC(=C(c2cccs2)c2ccc(C(=C3C=C(CCCCCCCC)C(=O)C(CCCCCCCC)=C3)c3cccs3)s2)C=C(CCCCCCCC)C1=O. The van der Waals surface area contributed by atoms with Gasteiger partial charge < -0.3 is 0 Å². The summed E-state index contributed by atoms with van der Waals surface area (Å²) in [7, 11) is 0. The highest BCUT2D eigenvalue weighted by Gasteiger charge is 2.26. The van der Waals surface area contributed by atoms with E-state index in [0.29, 0.717) is 0 Å². The number of unbranched alkanes of at least 4 members (excludes halogenated alkanes) is 20. The zero-order chi connectivity index (χ0) is 44.5. The van der Waals surface area contributed by atoms with Crippen LogP contribution in [0.15, 0.2) is 105 Å². The van der Waals surface area contributed by atoms with E-state index in [2.05, 4.69) is 99.2 Å². The first-order valence-corrected chi connectivity index (χ1v) is 28.1. The van der Waals surface area contributed by atoms with Gasteiger partial charge in [-0.15, -0.1) is 34.0 Å². The van der Waals surface area contributed by atoms with E-state index in [1.54, 1.807) is 22.7 Å². The quantitative estimate of drug-likeness (QED) is 0.0585. The van der Waals surface area contributed by atoms with E-state index in [-0.39, 0.29) is 11.6 Å². The Labute approximate surface area is 395 Å². The Morgan fingerprint density at radius 2 is 0.651 bits per heavy atom. The lowest BCUT2D eigenvalue weighted by Gasteiger charge is -2.19. The number of carbonyl (C=O) groups is 2. The molecular formula is C58H80O2S3. The van der Waals surface area contributed by atoms with Crippen LogP contribution in [0, 0.1) is 0 Å². The van der Waals surface area contributed by atoms with Crippen molar-refractivity contribution in [3.05, 3.63) is 124 Å². The molecule has 0 saturated carbocycles. The van der Waals surface area contributed by atoms with Crippen molar-refractivity contribution in [3.63, 3.8) is 0 Å². The second-order valence-corrected chi connectivity index (χ2v) is 21.2. The molecule has 63 heavy (non-hydrogen) atoms. The summed E-state index contributed by atoms with van der Waals surface area (Å²) < 4.78 is 0. The first kappa shape index (κ1) is 50.9. The Balaban J connectivity index is 1.55. The second kappa shape index (κ2) is 29.4. The maximum Gasteiger partial charge on any atom is 0.185 e. The molecule has 0 atom stereocenters. The Kier molecular flexibility index (Phi) is 23.8. The monoisotopic (exact) mass is 905 g/mol. The Morgan fingerprint density at radius 1 is 0.365 bits per heavy atom. The molecule has 0 aromatic carbocycles. The molecule has 5 rings (SSSR count). The lowest BCUT2D eigenvalue weighted by atomic mass is 9.85. The van der Waals surface area contributed by atoms with Crippen LogP contribution < -0.4 is 0 Å². The van der Waals surface area contributed by atoms with Crippen LogP contribution in [0.25, 0.3) is 11.1 Å². The highest BCUT2D eigenvalue weighted by Crippen LogP contribution is 2.44. The zero-order valence-corrected chi connectivity index (χ0v) is 42.2. The van der Waals surface area contributed by atoms with E-state index in [9.17, 15) is 9.59 Å². The van der Waals surface area contributed by atoms with Gasteiger partial charge in [0, 0.05) is 52.9 Å².